The Bertz CT molecular complexity index is 581. The molecule has 4 N–H and O–H groups in total. The lowest BCUT2D eigenvalue weighted by Crippen LogP contribution is -2.01. The minimum Gasteiger partial charge on any atom is -0.489 e. The average Bonchev–Trinajstić information content (AvgIpc) is 2.44. The molecule has 2 aromatic rings. The summed E-state index contributed by atoms with van der Waals surface area (Å²) in [7, 11) is 0. The minimum atomic E-state index is 0.404. The first kappa shape index (κ1) is 12.9. The molecule has 0 spiro atoms. The quantitative estimate of drug-likeness (QED) is 0.646. The number of rotatable bonds is 4. The summed E-state index contributed by atoms with van der Waals surface area (Å²) in [5.74, 6) is 0.465. The van der Waals surface area contributed by atoms with E-state index >= 15 is 0 Å². The lowest BCUT2D eigenvalue weighted by Gasteiger charge is -2.10. The summed E-state index contributed by atoms with van der Waals surface area (Å²) >= 11 is 0. The maximum absolute atomic E-state index is 5.98. The molecule has 0 amide bonds. The summed E-state index contributed by atoms with van der Waals surface area (Å²) in [6.07, 6.45) is 0. The topological polar surface area (TPSA) is 86.0 Å². The van der Waals surface area contributed by atoms with Crippen molar-refractivity contribution < 1.29 is 4.74 Å². The van der Waals surface area contributed by atoms with E-state index in [2.05, 4.69) is 10.2 Å². The Balaban J connectivity index is 2.31. The third-order valence-electron chi connectivity index (χ3n) is 2.52. The lowest BCUT2D eigenvalue weighted by molar-refractivity contribution is 0.344. The van der Waals surface area contributed by atoms with Crippen molar-refractivity contribution >= 4 is 22.7 Å². The van der Waals surface area contributed by atoms with E-state index in [1.807, 2.05) is 37.3 Å². The Morgan fingerprint density at radius 2 is 1.74 bits per heavy atom. The number of hydrogen-bond acceptors (Lipinski definition) is 5. The van der Waals surface area contributed by atoms with Crippen LogP contribution in [0.3, 0.4) is 0 Å². The van der Waals surface area contributed by atoms with Crippen LogP contribution in [0.4, 0.5) is 22.7 Å². The van der Waals surface area contributed by atoms with Crippen LogP contribution in [0.5, 0.6) is 5.75 Å². The van der Waals surface area contributed by atoms with Gasteiger partial charge in [0.05, 0.1) is 18.0 Å². The Hall–Kier alpha value is -2.56. The highest BCUT2D eigenvalue weighted by Crippen LogP contribution is 2.37. The first-order valence-electron chi connectivity index (χ1n) is 6.00. The first-order chi connectivity index (χ1) is 9.22. The van der Waals surface area contributed by atoms with Gasteiger partial charge in [0.1, 0.15) is 11.4 Å². The van der Waals surface area contributed by atoms with Gasteiger partial charge in [-0.15, -0.1) is 5.11 Å². The Morgan fingerprint density at radius 3 is 2.42 bits per heavy atom. The number of nitrogen functional groups attached to an aromatic ring is 2. The molecule has 19 heavy (non-hydrogen) atoms. The van der Waals surface area contributed by atoms with Crippen molar-refractivity contribution in [3.63, 3.8) is 0 Å². The first-order valence-corrected chi connectivity index (χ1v) is 6.00. The van der Waals surface area contributed by atoms with Crippen molar-refractivity contribution in [3.05, 3.63) is 42.5 Å². The average molecular weight is 256 g/mol. The molecule has 0 bridgehead atoms. The third-order valence-corrected chi connectivity index (χ3v) is 2.52. The SMILES string of the molecule is CCOc1c(N)ccc(N=Nc2ccccc2)c1N. The minimum absolute atomic E-state index is 0.404. The van der Waals surface area contributed by atoms with Gasteiger partial charge in [-0.25, -0.2) is 0 Å². The van der Waals surface area contributed by atoms with Crippen LogP contribution in [0.25, 0.3) is 0 Å². The highest BCUT2D eigenvalue weighted by atomic mass is 16.5. The molecule has 0 aromatic heterocycles. The Morgan fingerprint density at radius 1 is 1.00 bits per heavy atom. The summed E-state index contributed by atoms with van der Waals surface area (Å²) in [5, 5.41) is 8.24. The van der Waals surface area contributed by atoms with Gasteiger partial charge in [0.2, 0.25) is 0 Å². The van der Waals surface area contributed by atoms with Gasteiger partial charge in [-0.1, -0.05) is 18.2 Å². The van der Waals surface area contributed by atoms with Gasteiger partial charge in [0.25, 0.3) is 0 Å². The molecule has 0 saturated carbocycles. The molecule has 0 fully saturated rings. The normalized spacial score (nSPS) is 10.8. The largest absolute Gasteiger partial charge is 0.489 e. The van der Waals surface area contributed by atoms with Crippen LogP contribution in [-0.2, 0) is 0 Å². The molecule has 2 aromatic carbocycles. The number of benzene rings is 2. The van der Waals surface area contributed by atoms with Crippen molar-refractivity contribution in [1.29, 1.82) is 0 Å². The molecular weight excluding hydrogens is 240 g/mol. The zero-order valence-corrected chi connectivity index (χ0v) is 10.7. The van der Waals surface area contributed by atoms with E-state index in [1.54, 1.807) is 12.1 Å². The van der Waals surface area contributed by atoms with Crippen LogP contribution >= 0.6 is 0 Å². The van der Waals surface area contributed by atoms with Crippen LogP contribution in [-0.4, -0.2) is 6.61 Å². The summed E-state index contributed by atoms with van der Waals surface area (Å²) in [5.41, 5.74) is 14.0. The fraction of sp³-hybridized carbons (Fsp3) is 0.143. The molecule has 0 saturated heterocycles. The van der Waals surface area contributed by atoms with Gasteiger partial charge in [0.15, 0.2) is 5.75 Å². The van der Waals surface area contributed by atoms with Gasteiger partial charge in [-0.3, -0.25) is 0 Å². The predicted octanol–water partition coefficient (Wildman–Crippen LogP) is 3.67. The number of hydrogen-bond donors (Lipinski definition) is 2. The van der Waals surface area contributed by atoms with Crippen molar-refractivity contribution in [2.24, 2.45) is 10.2 Å². The van der Waals surface area contributed by atoms with Gasteiger partial charge in [-0.2, -0.15) is 5.11 Å². The molecule has 0 aliphatic carbocycles. The number of nitrogens with two attached hydrogens (primary N) is 2. The molecule has 0 radical (unpaired) electrons. The third kappa shape index (κ3) is 3.01. The van der Waals surface area contributed by atoms with Crippen molar-refractivity contribution in [1.82, 2.24) is 0 Å². The van der Waals surface area contributed by atoms with Crippen molar-refractivity contribution in [3.8, 4) is 5.75 Å². The van der Waals surface area contributed by atoms with Gasteiger partial charge in [-0.05, 0) is 31.2 Å². The number of nitrogens with zero attached hydrogens (tertiary/aromatic N) is 2. The highest BCUT2D eigenvalue weighted by Gasteiger charge is 2.09. The van der Waals surface area contributed by atoms with Crippen LogP contribution < -0.4 is 16.2 Å². The molecule has 2 rings (SSSR count). The maximum atomic E-state index is 5.98. The van der Waals surface area contributed by atoms with Gasteiger partial charge >= 0.3 is 0 Å². The molecule has 5 heteroatoms. The van der Waals surface area contributed by atoms with E-state index in [9.17, 15) is 0 Å². The molecule has 0 atom stereocenters. The monoisotopic (exact) mass is 256 g/mol. The van der Waals surface area contributed by atoms with Crippen LogP contribution in [0.15, 0.2) is 52.7 Å². The van der Waals surface area contributed by atoms with E-state index in [-0.39, 0.29) is 0 Å². The fourth-order valence-electron chi connectivity index (χ4n) is 1.60. The summed E-state index contributed by atoms with van der Waals surface area (Å²) in [6, 6.07) is 12.9. The highest BCUT2D eigenvalue weighted by molar-refractivity contribution is 5.78. The molecule has 98 valence electrons. The second kappa shape index (κ2) is 5.86. The van der Waals surface area contributed by atoms with Crippen LogP contribution in [0, 0.1) is 0 Å². The Labute approximate surface area is 111 Å². The van der Waals surface area contributed by atoms with E-state index in [4.69, 9.17) is 16.2 Å². The van der Waals surface area contributed by atoms with Crippen LogP contribution in [0.1, 0.15) is 6.92 Å². The standard InChI is InChI=1S/C14H16N4O/c1-2-19-14-11(15)8-9-12(13(14)16)18-17-10-6-4-3-5-7-10/h3-9H,2,15-16H2,1H3. The summed E-state index contributed by atoms with van der Waals surface area (Å²) < 4.78 is 5.41. The number of azo groups is 1. The summed E-state index contributed by atoms with van der Waals surface area (Å²) in [4.78, 5) is 0. The van der Waals surface area contributed by atoms with E-state index in [0.717, 1.165) is 5.69 Å². The zero-order valence-electron chi connectivity index (χ0n) is 10.7. The van der Waals surface area contributed by atoms with Crippen molar-refractivity contribution in [2.45, 2.75) is 6.92 Å². The van der Waals surface area contributed by atoms with Crippen LogP contribution in [0.2, 0.25) is 0 Å². The second-order valence-corrected chi connectivity index (χ2v) is 3.89. The van der Waals surface area contributed by atoms with E-state index in [1.165, 1.54) is 0 Å². The predicted molar refractivity (Wildman–Crippen MR) is 77.1 cm³/mol. The molecule has 0 aliphatic heterocycles. The molecular formula is C14H16N4O. The smallest absolute Gasteiger partial charge is 0.167 e. The second-order valence-electron chi connectivity index (χ2n) is 3.89. The lowest BCUT2D eigenvalue weighted by atomic mass is 10.2. The van der Waals surface area contributed by atoms with Gasteiger partial charge in [0, 0.05) is 0 Å². The molecule has 0 unspecified atom stereocenters. The van der Waals surface area contributed by atoms with E-state index < -0.39 is 0 Å². The van der Waals surface area contributed by atoms with Gasteiger partial charge < -0.3 is 16.2 Å². The number of anilines is 2. The number of ether oxygens (including phenoxy) is 1. The Kier molecular flexibility index (Phi) is 3.97. The van der Waals surface area contributed by atoms with Crippen molar-refractivity contribution in [2.75, 3.05) is 18.1 Å². The molecule has 0 heterocycles. The molecule has 0 aliphatic rings. The molecule has 5 nitrogen and oxygen atoms in total. The zero-order chi connectivity index (χ0) is 13.7. The summed E-state index contributed by atoms with van der Waals surface area (Å²) in [6.45, 7) is 2.37. The fourth-order valence-corrected chi connectivity index (χ4v) is 1.60. The van der Waals surface area contributed by atoms with E-state index in [0.29, 0.717) is 29.4 Å². The maximum Gasteiger partial charge on any atom is 0.167 e.